The van der Waals surface area contributed by atoms with Crippen LogP contribution in [0.15, 0.2) is 18.2 Å². The molecule has 0 bridgehead atoms. The lowest BCUT2D eigenvalue weighted by atomic mass is 9.80. The van der Waals surface area contributed by atoms with Crippen molar-refractivity contribution in [3.63, 3.8) is 0 Å². The van der Waals surface area contributed by atoms with Gasteiger partial charge in [-0.3, -0.25) is 9.59 Å². The van der Waals surface area contributed by atoms with Crippen molar-refractivity contribution >= 4 is 11.9 Å². The number of aliphatic carboxylic acids is 1. The lowest BCUT2D eigenvalue weighted by molar-refractivity contribution is -0.154. The van der Waals surface area contributed by atoms with Crippen LogP contribution >= 0.6 is 0 Å². The minimum atomic E-state index is -0.910. The van der Waals surface area contributed by atoms with Crippen molar-refractivity contribution in [2.24, 2.45) is 5.41 Å². The van der Waals surface area contributed by atoms with E-state index in [9.17, 15) is 14.7 Å². The molecule has 0 aromatic heterocycles. The number of carboxylic acid groups (broad SMARTS) is 1. The van der Waals surface area contributed by atoms with Crippen LogP contribution in [0.2, 0.25) is 0 Å². The molecular formula is C19H27NO6. The Labute approximate surface area is 153 Å². The molecule has 1 heterocycles. The van der Waals surface area contributed by atoms with Crippen molar-refractivity contribution in [2.75, 3.05) is 34.0 Å². The summed E-state index contributed by atoms with van der Waals surface area (Å²) in [5, 5.41) is 12.3. The highest BCUT2D eigenvalue weighted by Gasteiger charge is 2.40. The van der Waals surface area contributed by atoms with Gasteiger partial charge in [0.05, 0.1) is 19.6 Å². The number of carbonyl (C=O) groups excluding carboxylic acids is 1. The summed E-state index contributed by atoms with van der Waals surface area (Å²) in [6.45, 7) is 0.981. The second kappa shape index (κ2) is 9.43. The van der Waals surface area contributed by atoms with E-state index in [1.54, 1.807) is 14.2 Å². The van der Waals surface area contributed by atoms with Crippen LogP contribution < -0.4 is 14.8 Å². The van der Waals surface area contributed by atoms with Gasteiger partial charge in [0.15, 0.2) is 0 Å². The predicted octanol–water partition coefficient (Wildman–Crippen LogP) is 2.02. The fraction of sp³-hybridized carbons (Fsp3) is 0.579. The summed E-state index contributed by atoms with van der Waals surface area (Å²) < 4.78 is 15.8. The minimum absolute atomic E-state index is 0.135. The number of hydrogen-bond acceptors (Lipinski definition) is 5. The standard InChI is InChI=1S/C19H27NO6/c1-24-15-7-6-14(16(12-15)25-2)4-3-5-17(21)20-13-19(18(22)23)8-10-26-11-9-19/h6-7,12H,3-5,8-11,13H2,1-2H3,(H,20,21)(H,22,23). The molecule has 26 heavy (non-hydrogen) atoms. The molecule has 1 aromatic rings. The van der Waals surface area contributed by atoms with Gasteiger partial charge in [0.1, 0.15) is 11.5 Å². The Morgan fingerprint density at radius 1 is 1.23 bits per heavy atom. The first-order chi connectivity index (χ1) is 12.5. The van der Waals surface area contributed by atoms with Crippen LogP contribution in [0, 0.1) is 5.41 Å². The van der Waals surface area contributed by atoms with E-state index in [4.69, 9.17) is 14.2 Å². The highest BCUT2D eigenvalue weighted by Crippen LogP contribution is 2.30. The van der Waals surface area contributed by atoms with Crippen LogP contribution in [0.4, 0.5) is 0 Å². The Kier molecular flexibility index (Phi) is 7.26. The molecule has 0 saturated carbocycles. The smallest absolute Gasteiger partial charge is 0.311 e. The molecule has 2 N–H and O–H groups in total. The van der Waals surface area contributed by atoms with E-state index in [1.807, 2.05) is 18.2 Å². The van der Waals surface area contributed by atoms with Gasteiger partial charge in [0.2, 0.25) is 5.91 Å². The number of carboxylic acids is 1. The minimum Gasteiger partial charge on any atom is -0.497 e. The van der Waals surface area contributed by atoms with Gasteiger partial charge < -0.3 is 24.6 Å². The van der Waals surface area contributed by atoms with Crippen LogP contribution in [0.3, 0.4) is 0 Å². The molecule has 1 aromatic carbocycles. The molecule has 2 rings (SSSR count). The van der Waals surface area contributed by atoms with Gasteiger partial charge in [-0.05, 0) is 37.3 Å². The molecule has 7 heteroatoms. The van der Waals surface area contributed by atoms with Gasteiger partial charge in [0, 0.05) is 32.2 Å². The maximum atomic E-state index is 12.1. The Morgan fingerprint density at radius 3 is 2.58 bits per heavy atom. The molecule has 1 saturated heterocycles. The van der Waals surface area contributed by atoms with E-state index in [-0.39, 0.29) is 12.5 Å². The molecule has 0 unspecified atom stereocenters. The topological polar surface area (TPSA) is 94.1 Å². The molecular weight excluding hydrogens is 338 g/mol. The van der Waals surface area contributed by atoms with Gasteiger partial charge in [-0.1, -0.05) is 6.07 Å². The third-order valence-electron chi connectivity index (χ3n) is 4.87. The van der Waals surface area contributed by atoms with Crippen LogP contribution in [0.25, 0.3) is 0 Å². The van der Waals surface area contributed by atoms with Crippen molar-refractivity contribution in [3.8, 4) is 11.5 Å². The molecule has 0 atom stereocenters. The summed E-state index contributed by atoms with van der Waals surface area (Å²) in [6, 6.07) is 5.61. The van der Waals surface area contributed by atoms with Crippen molar-refractivity contribution in [1.82, 2.24) is 5.32 Å². The Bertz CT molecular complexity index is 624. The van der Waals surface area contributed by atoms with Gasteiger partial charge >= 0.3 is 5.97 Å². The maximum Gasteiger partial charge on any atom is 0.311 e. The van der Waals surface area contributed by atoms with Crippen molar-refractivity contribution in [3.05, 3.63) is 23.8 Å². The molecule has 1 amide bonds. The summed E-state index contributed by atoms with van der Waals surface area (Å²) in [4.78, 5) is 23.7. The van der Waals surface area contributed by atoms with Crippen molar-refractivity contribution in [1.29, 1.82) is 0 Å². The first-order valence-electron chi connectivity index (χ1n) is 8.79. The van der Waals surface area contributed by atoms with E-state index in [0.717, 1.165) is 17.1 Å². The predicted molar refractivity (Wildman–Crippen MR) is 95.6 cm³/mol. The van der Waals surface area contributed by atoms with Gasteiger partial charge in [-0.25, -0.2) is 0 Å². The van der Waals surface area contributed by atoms with E-state index in [1.165, 1.54) is 0 Å². The zero-order chi connectivity index (χ0) is 19.0. The third kappa shape index (κ3) is 5.11. The quantitative estimate of drug-likeness (QED) is 0.695. The first kappa shape index (κ1) is 20.0. The SMILES string of the molecule is COc1ccc(CCCC(=O)NCC2(C(=O)O)CCOCC2)c(OC)c1. The van der Waals surface area contributed by atoms with Crippen molar-refractivity contribution in [2.45, 2.75) is 32.1 Å². The van der Waals surface area contributed by atoms with E-state index in [0.29, 0.717) is 45.3 Å². The molecule has 0 spiro atoms. The number of aryl methyl sites for hydroxylation is 1. The molecule has 1 aliphatic heterocycles. The number of benzene rings is 1. The van der Waals surface area contributed by atoms with Crippen LogP contribution in [0.1, 0.15) is 31.2 Å². The van der Waals surface area contributed by atoms with Gasteiger partial charge in [0.25, 0.3) is 0 Å². The third-order valence-corrected chi connectivity index (χ3v) is 4.87. The molecule has 0 aliphatic carbocycles. The summed E-state index contributed by atoms with van der Waals surface area (Å²) in [7, 11) is 3.20. The lowest BCUT2D eigenvalue weighted by Crippen LogP contribution is -2.46. The molecule has 1 fully saturated rings. The Hall–Kier alpha value is -2.28. The highest BCUT2D eigenvalue weighted by molar-refractivity contribution is 5.79. The molecule has 1 aliphatic rings. The van der Waals surface area contributed by atoms with E-state index < -0.39 is 11.4 Å². The second-order valence-electron chi connectivity index (χ2n) is 6.51. The zero-order valence-corrected chi connectivity index (χ0v) is 15.4. The second-order valence-corrected chi connectivity index (χ2v) is 6.51. The number of methoxy groups -OCH3 is 2. The summed E-state index contributed by atoms with van der Waals surface area (Å²) in [5.74, 6) is 0.448. The van der Waals surface area contributed by atoms with E-state index >= 15 is 0 Å². The highest BCUT2D eigenvalue weighted by atomic mass is 16.5. The normalized spacial score (nSPS) is 15.9. The van der Waals surface area contributed by atoms with Gasteiger partial charge in [-0.15, -0.1) is 0 Å². The van der Waals surface area contributed by atoms with Crippen LogP contribution in [0.5, 0.6) is 11.5 Å². The number of rotatable bonds is 9. The number of nitrogens with one attached hydrogen (secondary N) is 1. The van der Waals surface area contributed by atoms with Crippen molar-refractivity contribution < 1.29 is 28.9 Å². The van der Waals surface area contributed by atoms with Crippen LogP contribution in [-0.2, 0) is 20.7 Å². The summed E-state index contributed by atoms with van der Waals surface area (Å²) in [6.07, 6.45) is 2.52. The van der Waals surface area contributed by atoms with Crippen LogP contribution in [-0.4, -0.2) is 51.0 Å². The monoisotopic (exact) mass is 365 g/mol. The fourth-order valence-electron chi connectivity index (χ4n) is 3.08. The number of hydrogen-bond donors (Lipinski definition) is 2. The molecule has 7 nitrogen and oxygen atoms in total. The average Bonchev–Trinajstić information content (AvgIpc) is 2.67. The average molecular weight is 365 g/mol. The number of ether oxygens (including phenoxy) is 3. The zero-order valence-electron chi connectivity index (χ0n) is 15.4. The largest absolute Gasteiger partial charge is 0.497 e. The molecule has 0 radical (unpaired) electrons. The fourth-order valence-corrected chi connectivity index (χ4v) is 3.08. The maximum absolute atomic E-state index is 12.1. The lowest BCUT2D eigenvalue weighted by Gasteiger charge is -2.33. The Balaban J connectivity index is 1.81. The number of amides is 1. The summed E-state index contributed by atoms with van der Waals surface area (Å²) >= 11 is 0. The Morgan fingerprint density at radius 2 is 1.96 bits per heavy atom. The van der Waals surface area contributed by atoms with E-state index in [2.05, 4.69) is 5.32 Å². The molecule has 144 valence electrons. The number of carbonyl (C=O) groups is 2. The van der Waals surface area contributed by atoms with Gasteiger partial charge in [-0.2, -0.15) is 0 Å². The summed E-state index contributed by atoms with van der Waals surface area (Å²) in [5.41, 5.74) is 0.0974. The first-order valence-corrected chi connectivity index (χ1v) is 8.79.